The molecule has 134 valence electrons. The van der Waals surface area contributed by atoms with Crippen LogP contribution < -0.4 is 4.90 Å². The van der Waals surface area contributed by atoms with Gasteiger partial charge in [-0.2, -0.15) is 0 Å². The summed E-state index contributed by atoms with van der Waals surface area (Å²) in [5.74, 6) is 2.34. The standard InChI is InChI=1S/C19H26N4O2/c1-14(2)18-12-17(21-25-18)6-7-22-8-10-23(11-9-22)19-5-4-16(13-20-19)15(3)24/h4-5,12-14H,6-11H2,1-3H3. The van der Waals surface area contributed by atoms with Crippen molar-refractivity contribution >= 4 is 11.6 Å². The summed E-state index contributed by atoms with van der Waals surface area (Å²) in [5.41, 5.74) is 1.70. The zero-order valence-corrected chi connectivity index (χ0v) is 15.2. The van der Waals surface area contributed by atoms with Gasteiger partial charge in [0, 0.05) is 62.9 Å². The SMILES string of the molecule is CC(=O)c1ccc(N2CCN(CCc3cc(C(C)C)on3)CC2)nc1. The molecule has 3 heterocycles. The topological polar surface area (TPSA) is 62.5 Å². The molecule has 0 amide bonds. The highest BCUT2D eigenvalue weighted by molar-refractivity contribution is 5.93. The molecular weight excluding hydrogens is 316 g/mol. The van der Waals surface area contributed by atoms with Gasteiger partial charge in [-0.25, -0.2) is 4.98 Å². The highest BCUT2D eigenvalue weighted by Gasteiger charge is 2.18. The van der Waals surface area contributed by atoms with Gasteiger partial charge in [0.2, 0.25) is 0 Å². The first-order chi connectivity index (χ1) is 12.0. The molecular formula is C19H26N4O2. The fourth-order valence-corrected chi connectivity index (χ4v) is 2.97. The number of rotatable bonds is 6. The predicted octanol–water partition coefficient (Wildman–Crippen LogP) is 2.76. The third kappa shape index (κ3) is 4.45. The maximum absolute atomic E-state index is 11.3. The smallest absolute Gasteiger partial charge is 0.161 e. The first-order valence-corrected chi connectivity index (χ1v) is 8.92. The van der Waals surface area contributed by atoms with Crippen LogP contribution in [0.3, 0.4) is 0 Å². The average molecular weight is 342 g/mol. The maximum atomic E-state index is 11.3. The minimum absolute atomic E-state index is 0.0531. The number of hydrogen-bond acceptors (Lipinski definition) is 6. The van der Waals surface area contributed by atoms with E-state index in [1.165, 1.54) is 0 Å². The van der Waals surface area contributed by atoms with Crippen LogP contribution in [0, 0.1) is 0 Å². The highest BCUT2D eigenvalue weighted by atomic mass is 16.5. The lowest BCUT2D eigenvalue weighted by Gasteiger charge is -2.35. The van der Waals surface area contributed by atoms with E-state index in [-0.39, 0.29) is 5.78 Å². The third-order valence-electron chi connectivity index (χ3n) is 4.68. The predicted molar refractivity (Wildman–Crippen MR) is 97.2 cm³/mol. The van der Waals surface area contributed by atoms with Crippen molar-refractivity contribution in [3.05, 3.63) is 41.4 Å². The zero-order valence-electron chi connectivity index (χ0n) is 15.2. The largest absolute Gasteiger partial charge is 0.361 e. The lowest BCUT2D eigenvalue weighted by atomic mass is 10.1. The monoisotopic (exact) mass is 342 g/mol. The molecule has 6 nitrogen and oxygen atoms in total. The molecule has 1 fully saturated rings. The minimum atomic E-state index is 0.0531. The van der Waals surface area contributed by atoms with Crippen molar-refractivity contribution in [3.8, 4) is 0 Å². The summed E-state index contributed by atoms with van der Waals surface area (Å²) in [4.78, 5) is 20.5. The number of carbonyl (C=O) groups excluding carboxylic acids is 1. The Morgan fingerprint density at radius 2 is 2.00 bits per heavy atom. The maximum Gasteiger partial charge on any atom is 0.161 e. The molecule has 1 saturated heterocycles. The Hall–Kier alpha value is -2.21. The normalized spacial score (nSPS) is 15.8. The van der Waals surface area contributed by atoms with E-state index in [1.54, 1.807) is 13.1 Å². The molecule has 1 aliphatic heterocycles. The van der Waals surface area contributed by atoms with Crippen LogP contribution in [-0.2, 0) is 6.42 Å². The van der Waals surface area contributed by atoms with E-state index in [1.807, 2.05) is 12.1 Å². The Kier molecular flexibility index (Phi) is 5.48. The van der Waals surface area contributed by atoms with Gasteiger partial charge < -0.3 is 9.42 Å². The van der Waals surface area contributed by atoms with Crippen LogP contribution in [0.4, 0.5) is 5.82 Å². The number of nitrogens with zero attached hydrogens (tertiary/aromatic N) is 4. The van der Waals surface area contributed by atoms with Gasteiger partial charge in [0.1, 0.15) is 11.6 Å². The van der Waals surface area contributed by atoms with Crippen molar-refractivity contribution in [2.24, 2.45) is 0 Å². The van der Waals surface area contributed by atoms with E-state index >= 15 is 0 Å². The minimum Gasteiger partial charge on any atom is -0.361 e. The molecule has 0 atom stereocenters. The molecule has 0 aromatic carbocycles. The highest BCUT2D eigenvalue weighted by Crippen LogP contribution is 2.17. The molecule has 25 heavy (non-hydrogen) atoms. The van der Waals surface area contributed by atoms with Crippen molar-refractivity contribution in [2.75, 3.05) is 37.6 Å². The average Bonchev–Trinajstić information content (AvgIpc) is 3.10. The zero-order chi connectivity index (χ0) is 17.8. The first kappa shape index (κ1) is 17.6. The van der Waals surface area contributed by atoms with Gasteiger partial charge in [-0.1, -0.05) is 19.0 Å². The van der Waals surface area contributed by atoms with Crippen LogP contribution in [0.15, 0.2) is 28.9 Å². The molecule has 0 N–H and O–H groups in total. The van der Waals surface area contributed by atoms with E-state index in [9.17, 15) is 4.79 Å². The van der Waals surface area contributed by atoms with Crippen molar-refractivity contribution in [1.29, 1.82) is 0 Å². The lowest BCUT2D eigenvalue weighted by Crippen LogP contribution is -2.47. The fraction of sp³-hybridized carbons (Fsp3) is 0.526. The van der Waals surface area contributed by atoms with E-state index < -0.39 is 0 Å². The van der Waals surface area contributed by atoms with Gasteiger partial charge >= 0.3 is 0 Å². The summed E-state index contributed by atoms with van der Waals surface area (Å²) >= 11 is 0. The molecule has 2 aromatic rings. The van der Waals surface area contributed by atoms with Crippen molar-refractivity contribution in [2.45, 2.75) is 33.1 Å². The van der Waals surface area contributed by atoms with E-state index in [0.717, 1.165) is 56.4 Å². The lowest BCUT2D eigenvalue weighted by molar-refractivity contribution is 0.101. The molecule has 2 aromatic heterocycles. The molecule has 0 radical (unpaired) electrons. The molecule has 3 rings (SSSR count). The second-order valence-electron chi connectivity index (χ2n) is 6.92. The van der Waals surface area contributed by atoms with E-state index in [2.05, 4.69) is 39.9 Å². The fourth-order valence-electron chi connectivity index (χ4n) is 2.97. The Balaban J connectivity index is 1.47. The summed E-state index contributed by atoms with van der Waals surface area (Å²) in [6.45, 7) is 10.7. The van der Waals surface area contributed by atoms with Gasteiger partial charge in [-0.15, -0.1) is 0 Å². The molecule has 0 spiro atoms. The summed E-state index contributed by atoms with van der Waals surface area (Å²) in [5, 5.41) is 4.16. The van der Waals surface area contributed by atoms with Crippen molar-refractivity contribution in [3.63, 3.8) is 0 Å². The summed E-state index contributed by atoms with van der Waals surface area (Å²) in [7, 11) is 0. The number of pyridine rings is 1. The number of carbonyl (C=O) groups is 1. The van der Waals surface area contributed by atoms with Crippen LogP contribution in [0.5, 0.6) is 0 Å². The van der Waals surface area contributed by atoms with Gasteiger partial charge in [0.15, 0.2) is 5.78 Å². The first-order valence-electron chi connectivity index (χ1n) is 8.92. The van der Waals surface area contributed by atoms with E-state index in [0.29, 0.717) is 11.5 Å². The van der Waals surface area contributed by atoms with Gasteiger partial charge in [-0.05, 0) is 19.1 Å². The number of piperazine rings is 1. The molecule has 0 unspecified atom stereocenters. The molecule has 1 aliphatic rings. The molecule has 6 heteroatoms. The number of hydrogen-bond donors (Lipinski definition) is 0. The van der Waals surface area contributed by atoms with Gasteiger partial charge in [0.25, 0.3) is 0 Å². The summed E-state index contributed by atoms with van der Waals surface area (Å²) < 4.78 is 5.36. The number of ketones is 1. The van der Waals surface area contributed by atoms with Crippen LogP contribution in [-0.4, -0.2) is 53.5 Å². The number of anilines is 1. The van der Waals surface area contributed by atoms with Crippen LogP contribution in [0.25, 0.3) is 0 Å². The van der Waals surface area contributed by atoms with Gasteiger partial charge in [-0.3, -0.25) is 9.69 Å². The van der Waals surface area contributed by atoms with Crippen LogP contribution in [0.1, 0.15) is 48.5 Å². The Morgan fingerprint density at radius 3 is 2.56 bits per heavy atom. The summed E-state index contributed by atoms with van der Waals surface area (Å²) in [6.07, 6.45) is 2.59. The quantitative estimate of drug-likeness (QED) is 0.752. The second-order valence-corrected chi connectivity index (χ2v) is 6.92. The van der Waals surface area contributed by atoms with Gasteiger partial charge in [0.05, 0.1) is 5.69 Å². The van der Waals surface area contributed by atoms with Crippen molar-refractivity contribution < 1.29 is 9.32 Å². The molecule has 0 bridgehead atoms. The Bertz CT molecular complexity index is 700. The summed E-state index contributed by atoms with van der Waals surface area (Å²) in [6, 6.07) is 5.87. The van der Waals surface area contributed by atoms with Crippen LogP contribution >= 0.6 is 0 Å². The van der Waals surface area contributed by atoms with E-state index in [4.69, 9.17) is 4.52 Å². The Labute approximate surface area is 148 Å². The number of aromatic nitrogens is 2. The van der Waals surface area contributed by atoms with Crippen molar-refractivity contribution in [1.82, 2.24) is 15.0 Å². The molecule has 0 saturated carbocycles. The Morgan fingerprint density at radius 1 is 1.24 bits per heavy atom. The molecule has 0 aliphatic carbocycles. The van der Waals surface area contributed by atoms with Crippen LogP contribution in [0.2, 0.25) is 0 Å². The third-order valence-corrected chi connectivity index (χ3v) is 4.68. The number of Topliss-reactive ketones (excluding diaryl/α,β-unsaturated/α-hetero) is 1. The second kappa shape index (κ2) is 7.78.